The molecule has 0 rings (SSSR count). The summed E-state index contributed by atoms with van der Waals surface area (Å²) in [5.41, 5.74) is 4.72. The Morgan fingerprint density at radius 2 is 2.07 bits per heavy atom. The van der Waals surface area contributed by atoms with E-state index < -0.39 is 15.7 Å². The molecule has 0 bridgehead atoms. The third-order valence-corrected chi connectivity index (χ3v) is 2.92. The lowest BCUT2D eigenvalue weighted by molar-refractivity contribution is -0.125. The van der Waals surface area contributed by atoms with Gasteiger partial charge in [-0.15, -0.1) is 0 Å². The van der Waals surface area contributed by atoms with Gasteiger partial charge in [-0.3, -0.25) is 9.35 Å². The number of amides is 1. The highest BCUT2D eigenvalue weighted by atomic mass is 32.2. The van der Waals surface area contributed by atoms with Crippen molar-refractivity contribution in [3.63, 3.8) is 0 Å². The highest BCUT2D eigenvalue weighted by Crippen LogP contribution is 2.03. The number of carbonyl (C=O) groups excluding carboxylic acids is 1. The average Bonchev–Trinajstić information content (AvgIpc) is 2.10. The van der Waals surface area contributed by atoms with Gasteiger partial charge in [-0.2, -0.15) is 8.42 Å². The summed E-state index contributed by atoms with van der Waals surface area (Å²) in [4.78, 5) is 11.4. The van der Waals surface area contributed by atoms with E-state index >= 15 is 0 Å². The van der Waals surface area contributed by atoms with Gasteiger partial charge >= 0.3 is 0 Å². The molecule has 1 amide bonds. The molecule has 0 aliphatic carbocycles. The molecule has 7 heteroatoms. The highest BCUT2D eigenvalue weighted by molar-refractivity contribution is 7.85. The SMILES string of the molecule is CCC(C)(N)C(=O)NCCCS(=O)(=O)O. The smallest absolute Gasteiger partial charge is 0.264 e. The molecule has 0 aliphatic heterocycles. The second-order valence-electron chi connectivity index (χ2n) is 3.67. The first-order chi connectivity index (χ1) is 6.69. The lowest BCUT2D eigenvalue weighted by Crippen LogP contribution is -2.51. The van der Waals surface area contributed by atoms with Crippen LogP contribution in [0.4, 0.5) is 0 Å². The number of hydrogen-bond donors (Lipinski definition) is 3. The Morgan fingerprint density at radius 3 is 2.47 bits per heavy atom. The summed E-state index contributed by atoms with van der Waals surface area (Å²) in [5, 5.41) is 2.51. The van der Waals surface area contributed by atoms with Crippen molar-refractivity contribution in [2.75, 3.05) is 12.3 Å². The fraction of sp³-hybridized carbons (Fsp3) is 0.875. The van der Waals surface area contributed by atoms with E-state index in [0.717, 1.165) is 0 Å². The first kappa shape index (κ1) is 14.3. The predicted octanol–water partition coefficient (Wildman–Crippen LogP) is -0.492. The molecule has 0 spiro atoms. The minimum absolute atomic E-state index is 0.171. The summed E-state index contributed by atoms with van der Waals surface area (Å²) in [6.45, 7) is 3.58. The van der Waals surface area contributed by atoms with Crippen molar-refractivity contribution in [1.29, 1.82) is 0 Å². The Morgan fingerprint density at radius 1 is 1.53 bits per heavy atom. The standard InChI is InChI=1S/C8H18N2O4S/c1-3-8(2,9)7(11)10-5-4-6-15(12,13)14/h3-6,9H2,1-2H3,(H,10,11)(H,12,13,14). The lowest BCUT2D eigenvalue weighted by Gasteiger charge is -2.21. The number of carbonyl (C=O) groups is 1. The van der Waals surface area contributed by atoms with E-state index in [1.54, 1.807) is 13.8 Å². The minimum Gasteiger partial charge on any atom is -0.354 e. The van der Waals surface area contributed by atoms with Gasteiger partial charge in [0.05, 0.1) is 11.3 Å². The Balaban J connectivity index is 3.84. The van der Waals surface area contributed by atoms with Crippen LogP contribution < -0.4 is 11.1 Å². The quantitative estimate of drug-likeness (QED) is 0.427. The van der Waals surface area contributed by atoms with Crippen molar-refractivity contribution in [2.45, 2.75) is 32.2 Å². The first-order valence-corrected chi connectivity index (χ1v) is 6.32. The third-order valence-electron chi connectivity index (χ3n) is 2.12. The van der Waals surface area contributed by atoms with Gasteiger partial charge in [0.15, 0.2) is 0 Å². The molecule has 0 radical (unpaired) electrons. The number of hydrogen-bond acceptors (Lipinski definition) is 4. The Kier molecular flexibility index (Phi) is 5.19. The molecule has 1 unspecified atom stereocenters. The molecule has 0 saturated heterocycles. The van der Waals surface area contributed by atoms with Crippen LogP contribution in [-0.4, -0.2) is 36.7 Å². The second kappa shape index (κ2) is 5.43. The zero-order chi connectivity index (χ0) is 12.1. The van der Waals surface area contributed by atoms with Gasteiger partial charge in [0.25, 0.3) is 10.1 Å². The second-order valence-corrected chi connectivity index (χ2v) is 5.24. The predicted molar refractivity (Wildman–Crippen MR) is 56.9 cm³/mol. The zero-order valence-electron chi connectivity index (χ0n) is 8.99. The molecule has 90 valence electrons. The summed E-state index contributed by atoms with van der Waals surface area (Å²) < 4.78 is 29.1. The zero-order valence-corrected chi connectivity index (χ0v) is 9.80. The van der Waals surface area contributed by atoms with Crippen molar-refractivity contribution in [3.05, 3.63) is 0 Å². The number of rotatable bonds is 6. The molecular weight excluding hydrogens is 220 g/mol. The van der Waals surface area contributed by atoms with E-state index in [9.17, 15) is 13.2 Å². The van der Waals surface area contributed by atoms with Crippen molar-refractivity contribution in [2.24, 2.45) is 5.73 Å². The molecule has 0 aliphatic rings. The maximum Gasteiger partial charge on any atom is 0.264 e. The van der Waals surface area contributed by atoms with Gasteiger partial charge in [0, 0.05) is 6.54 Å². The monoisotopic (exact) mass is 238 g/mol. The van der Waals surface area contributed by atoms with Gasteiger partial charge in [-0.1, -0.05) is 6.92 Å². The molecule has 0 saturated carbocycles. The highest BCUT2D eigenvalue weighted by Gasteiger charge is 2.25. The van der Waals surface area contributed by atoms with Crippen molar-refractivity contribution in [3.8, 4) is 0 Å². The van der Waals surface area contributed by atoms with Gasteiger partial charge in [0.2, 0.25) is 5.91 Å². The molecule has 0 aromatic carbocycles. The molecule has 6 nitrogen and oxygen atoms in total. The molecule has 0 aromatic rings. The van der Waals surface area contributed by atoms with Crippen LogP contribution in [0.5, 0.6) is 0 Å². The van der Waals surface area contributed by atoms with Crippen molar-refractivity contribution >= 4 is 16.0 Å². The minimum atomic E-state index is -3.95. The summed E-state index contributed by atoms with van der Waals surface area (Å²) in [6, 6.07) is 0. The summed E-state index contributed by atoms with van der Waals surface area (Å²) in [5.74, 6) is -0.680. The van der Waals surface area contributed by atoms with Crippen LogP contribution in [-0.2, 0) is 14.9 Å². The van der Waals surface area contributed by atoms with Crippen LogP contribution in [0.3, 0.4) is 0 Å². The van der Waals surface area contributed by atoms with E-state index in [2.05, 4.69) is 5.32 Å². The van der Waals surface area contributed by atoms with Crippen LogP contribution in [0.1, 0.15) is 26.7 Å². The van der Waals surface area contributed by atoms with Gasteiger partial charge in [-0.05, 0) is 19.8 Å². The molecular formula is C8H18N2O4S. The van der Waals surface area contributed by atoms with Crippen LogP contribution in [0.15, 0.2) is 0 Å². The van der Waals surface area contributed by atoms with E-state index in [1.807, 2.05) is 0 Å². The largest absolute Gasteiger partial charge is 0.354 e. The lowest BCUT2D eigenvalue weighted by atomic mass is 10.00. The topological polar surface area (TPSA) is 109 Å². The third kappa shape index (κ3) is 6.43. The fourth-order valence-corrected chi connectivity index (χ4v) is 1.33. The number of nitrogens with two attached hydrogens (primary N) is 1. The Labute approximate surface area is 90.0 Å². The van der Waals surface area contributed by atoms with Crippen LogP contribution in [0.25, 0.3) is 0 Å². The van der Waals surface area contributed by atoms with E-state index in [1.165, 1.54) is 0 Å². The fourth-order valence-electron chi connectivity index (χ4n) is 0.819. The maximum atomic E-state index is 11.4. The molecule has 0 aromatic heterocycles. The average molecular weight is 238 g/mol. The molecule has 1 atom stereocenters. The molecule has 4 N–H and O–H groups in total. The van der Waals surface area contributed by atoms with Gasteiger partial charge in [0.1, 0.15) is 0 Å². The van der Waals surface area contributed by atoms with Gasteiger partial charge in [-0.25, -0.2) is 0 Å². The number of nitrogens with one attached hydrogen (secondary N) is 1. The van der Waals surface area contributed by atoms with E-state index in [4.69, 9.17) is 10.3 Å². The summed E-state index contributed by atoms with van der Waals surface area (Å²) >= 11 is 0. The van der Waals surface area contributed by atoms with Crippen LogP contribution in [0, 0.1) is 0 Å². The normalized spacial score (nSPS) is 15.7. The van der Waals surface area contributed by atoms with E-state index in [0.29, 0.717) is 6.42 Å². The van der Waals surface area contributed by atoms with E-state index in [-0.39, 0.29) is 24.6 Å². The Bertz CT molecular complexity index is 311. The molecule has 0 fully saturated rings. The first-order valence-electron chi connectivity index (χ1n) is 4.71. The summed E-state index contributed by atoms with van der Waals surface area (Å²) in [7, 11) is -3.95. The molecule has 15 heavy (non-hydrogen) atoms. The van der Waals surface area contributed by atoms with Crippen molar-refractivity contribution in [1.82, 2.24) is 5.32 Å². The van der Waals surface area contributed by atoms with Crippen LogP contribution in [0.2, 0.25) is 0 Å². The van der Waals surface area contributed by atoms with Gasteiger partial charge < -0.3 is 11.1 Å². The summed E-state index contributed by atoms with van der Waals surface area (Å²) in [6.07, 6.45) is 0.668. The van der Waals surface area contributed by atoms with Crippen molar-refractivity contribution < 1.29 is 17.8 Å². The Hall–Kier alpha value is -0.660. The van der Waals surface area contributed by atoms with Crippen LogP contribution >= 0.6 is 0 Å². The molecule has 0 heterocycles. The maximum absolute atomic E-state index is 11.4.